The lowest BCUT2D eigenvalue weighted by Gasteiger charge is -2.18. The van der Waals surface area contributed by atoms with Crippen LogP contribution < -0.4 is 4.90 Å². The standard InChI is InChI=1S/C23H22N4OS/c1-16(2)17-8-7-11-20(12-17)26(3)23(28)21-15-29-22(25-21)18-13-24-27(14-18)19-9-5-4-6-10-19/h4-16H,1-3H3. The summed E-state index contributed by atoms with van der Waals surface area (Å²) in [6.45, 7) is 4.28. The Morgan fingerprint density at radius 1 is 1.10 bits per heavy atom. The van der Waals surface area contributed by atoms with Gasteiger partial charge < -0.3 is 4.90 Å². The summed E-state index contributed by atoms with van der Waals surface area (Å²) < 4.78 is 1.81. The summed E-state index contributed by atoms with van der Waals surface area (Å²) in [6, 6.07) is 18.0. The first-order valence-corrected chi connectivity index (χ1v) is 10.3. The number of hydrogen-bond acceptors (Lipinski definition) is 4. The number of hydrogen-bond donors (Lipinski definition) is 0. The van der Waals surface area contributed by atoms with E-state index in [2.05, 4.69) is 36.1 Å². The molecule has 4 rings (SSSR count). The molecular weight excluding hydrogens is 380 g/mol. The van der Waals surface area contributed by atoms with E-state index in [-0.39, 0.29) is 5.91 Å². The van der Waals surface area contributed by atoms with Crippen molar-refractivity contribution < 1.29 is 4.79 Å². The fourth-order valence-electron chi connectivity index (χ4n) is 3.04. The minimum Gasteiger partial charge on any atom is -0.310 e. The second kappa shape index (κ2) is 8.01. The molecule has 0 N–H and O–H groups in total. The Kier molecular flexibility index (Phi) is 5.27. The van der Waals surface area contributed by atoms with Gasteiger partial charge in [0.15, 0.2) is 0 Å². The molecule has 0 radical (unpaired) electrons. The van der Waals surface area contributed by atoms with Gasteiger partial charge in [-0.1, -0.05) is 44.2 Å². The van der Waals surface area contributed by atoms with Gasteiger partial charge in [0, 0.05) is 29.9 Å². The molecular formula is C23H22N4OS. The van der Waals surface area contributed by atoms with Gasteiger partial charge in [-0.3, -0.25) is 4.79 Å². The summed E-state index contributed by atoms with van der Waals surface area (Å²) in [6.07, 6.45) is 3.70. The van der Waals surface area contributed by atoms with Gasteiger partial charge in [0.1, 0.15) is 10.7 Å². The summed E-state index contributed by atoms with van der Waals surface area (Å²) in [4.78, 5) is 19.2. The van der Waals surface area contributed by atoms with Crippen molar-refractivity contribution in [3.8, 4) is 16.3 Å². The lowest BCUT2D eigenvalue weighted by molar-refractivity contribution is 0.0989. The smallest absolute Gasteiger partial charge is 0.277 e. The number of carbonyl (C=O) groups is 1. The van der Waals surface area contributed by atoms with E-state index in [1.165, 1.54) is 16.9 Å². The van der Waals surface area contributed by atoms with Crippen molar-refractivity contribution >= 4 is 22.9 Å². The number of benzene rings is 2. The Morgan fingerprint density at radius 3 is 2.66 bits per heavy atom. The number of carbonyl (C=O) groups excluding carboxylic acids is 1. The number of amides is 1. The molecule has 2 heterocycles. The van der Waals surface area contributed by atoms with Crippen LogP contribution in [0.3, 0.4) is 0 Å². The van der Waals surface area contributed by atoms with Crippen molar-refractivity contribution in [3.05, 3.63) is 83.6 Å². The third-order valence-corrected chi connectivity index (χ3v) is 5.69. The molecule has 0 saturated heterocycles. The van der Waals surface area contributed by atoms with Crippen LogP contribution in [0.4, 0.5) is 5.69 Å². The molecule has 0 aliphatic heterocycles. The molecule has 0 saturated carbocycles. The lowest BCUT2D eigenvalue weighted by atomic mass is 10.0. The molecule has 29 heavy (non-hydrogen) atoms. The van der Waals surface area contributed by atoms with Crippen LogP contribution in [-0.4, -0.2) is 27.7 Å². The Morgan fingerprint density at radius 2 is 1.90 bits per heavy atom. The van der Waals surface area contributed by atoms with Crippen molar-refractivity contribution in [2.75, 3.05) is 11.9 Å². The highest BCUT2D eigenvalue weighted by atomic mass is 32.1. The van der Waals surface area contributed by atoms with Crippen molar-refractivity contribution in [2.45, 2.75) is 19.8 Å². The van der Waals surface area contributed by atoms with Gasteiger partial charge in [-0.15, -0.1) is 11.3 Å². The predicted molar refractivity (Wildman–Crippen MR) is 118 cm³/mol. The van der Waals surface area contributed by atoms with Crippen molar-refractivity contribution in [1.29, 1.82) is 0 Å². The van der Waals surface area contributed by atoms with Crippen molar-refractivity contribution in [2.24, 2.45) is 0 Å². The molecule has 1 amide bonds. The summed E-state index contributed by atoms with van der Waals surface area (Å²) in [5, 5.41) is 7.00. The zero-order chi connectivity index (χ0) is 20.4. The van der Waals surface area contributed by atoms with Crippen LogP contribution in [0.2, 0.25) is 0 Å². The zero-order valence-electron chi connectivity index (χ0n) is 16.6. The summed E-state index contributed by atoms with van der Waals surface area (Å²) in [7, 11) is 1.79. The van der Waals surface area contributed by atoms with Gasteiger partial charge in [-0.25, -0.2) is 9.67 Å². The van der Waals surface area contributed by atoms with E-state index in [1.807, 2.05) is 53.3 Å². The number of thiazole rings is 1. The molecule has 5 nitrogen and oxygen atoms in total. The monoisotopic (exact) mass is 402 g/mol. The molecule has 0 fully saturated rings. The third-order valence-electron chi connectivity index (χ3n) is 4.80. The third kappa shape index (κ3) is 3.98. The largest absolute Gasteiger partial charge is 0.310 e. The Hall–Kier alpha value is -3.25. The fourth-order valence-corrected chi connectivity index (χ4v) is 3.81. The molecule has 0 aliphatic carbocycles. The SMILES string of the molecule is CC(C)c1cccc(N(C)C(=O)c2csc(-c3cnn(-c4ccccc4)c3)n2)c1. The average Bonchev–Trinajstić information content (AvgIpc) is 3.43. The van der Waals surface area contributed by atoms with Gasteiger partial charge in [0.2, 0.25) is 0 Å². The first-order valence-electron chi connectivity index (χ1n) is 9.47. The number of rotatable bonds is 5. The van der Waals surface area contributed by atoms with E-state index in [0.29, 0.717) is 11.6 Å². The predicted octanol–water partition coefficient (Wildman–Crippen LogP) is 5.40. The Labute approximate surface area is 174 Å². The Bertz CT molecular complexity index is 1130. The molecule has 4 aromatic rings. The normalized spacial score (nSPS) is 11.0. The molecule has 146 valence electrons. The van der Waals surface area contributed by atoms with Gasteiger partial charge in [0.25, 0.3) is 5.91 Å². The maximum Gasteiger partial charge on any atom is 0.277 e. The van der Waals surface area contributed by atoms with Crippen LogP contribution in [0.1, 0.15) is 35.8 Å². The number of para-hydroxylation sites is 1. The summed E-state index contributed by atoms with van der Waals surface area (Å²) >= 11 is 1.45. The highest BCUT2D eigenvalue weighted by Crippen LogP contribution is 2.26. The lowest BCUT2D eigenvalue weighted by Crippen LogP contribution is -2.26. The molecule has 2 aromatic carbocycles. The zero-order valence-corrected chi connectivity index (χ0v) is 17.4. The molecule has 0 spiro atoms. The van der Waals surface area contributed by atoms with Gasteiger partial charge in [-0.05, 0) is 35.7 Å². The first-order chi connectivity index (χ1) is 14.0. The second-order valence-electron chi connectivity index (χ2n) is 7.16. The molecule has 0 bridgehead atoms. The van der Waals surface area contributed by atoms with Crippen molar-refractivity contribution in [1.82, 2.24) is 14.8 Å². The number of anilines is 1. The Balaban J connectivity index is 1.55. The topological polar surface area (TPSA) is 51.0 Å². The highest BCUT2D eigenvalue weighted by molar-refractivity contribution is 7.13. The van der Waals surface area contributed by atoms with E-state index in [9.17, 15) is 4.79 Å². The summed E-state index contributed by atoms with van der Waals surface area (Å²) in [5.41, 5.74) is 4.38. The van der Waals surface area contributed by atoms with E-state index < -0.39 is 0 Å². The maximum absolute atomic E-state index is 12.9. The minimum atomic E-state index is -0.121. The fraction of sp³-hybridized carbons (Fsp3) is 0.174. The maximum atomic E-state index is 12.9. The van der Waals surface area contributed by atoms with Crippen LogP contribution >= 0.6 is 11.3 Å². The first kappa shape index (κ1) is 19.1. The van der Waals surface area contributed by atoms with Crippen LogP contribution in [0.15, 0.2) is 72.4 Å². The van der Waals surface area contributed by atoms with Crippen LogP contribution in [-0.2, 0) is 0 Å². The number of aromatic nitrogens is 3. The molecule has 6 heteroatoms. The molecule has 2 aromatic heterocycles. The highest BCUT2D eigenvalue weighted by Gasteiger charge is 2.18. The van der Waals surface area contributed by atoms with E-state index in [1.54, 1.807) is 23.5 Å². The van der Waals surface area contributed by atoms with Gasteiger partial charge >= 0.3 is 0 Å². The van der Waals surface area contributed by atoms with Gasteiger partial charge in [-0.2, -0.15) is 5.10 Å². The second-order valence-corrected chi connectivity index (χ2v) is 8.02. The van der Waals surface area contributed by atoms with Crippen LogP contribution in [0.5, 0.6) is 0 Å². The van der Waals surface area contributed by atoms with Crippen molar-refractivity contribution in [3.63, 3.8) is 0 Å². The average molecular weight is 403 g/mol. The van der Waals surface area contributed by atoms with Crippen LogP contribution in [0, 0.1) is 0 Å². The van der Waals surface area contributed by atoms with E-state index in [0.717, 1.165) is 21.9 Å². The van der Waals surface area contributed by atoms with Gasteiger partial charge in [0.05, 0.1) is 11.9 Å². The van der Waals surface area contributed by atoms with Crippen LogP contribution in [0.25, 0.3) is 16.3 Å². The molecule has 0 unspecified atom stereocenters. The van der Waals surface area contributed by atoms with E-state index >= 15 is 0 Å². The van der Waals surface area contributed by atoms with E-state index in [4.69, 9.17) is 0 Å². The minimum absolute atomic E-state index is 0.121. The quantitative estimate of drug-likeness (QED) is 0.449. The summed E-state index contributed by atoms with van der Waals surface area (Å²) in [5.74, 6) is 0.286. The number of nitrogens with zero attached hydrogens (tertiary/aromatic N) is 4. The molecule has 0 aliphatic rings. The molecule has 0 atom stereocenters.